The minimum absolute atomic E-state index is 0.174. The molecular weight excluding hydrogens is 863 g/mol. The number of ether oxygens (including phenoxy) is 2. The summed E-state index contributed by atoms with van der Waals surface area (Å²) >= 11 is 0. The number of aliphatic hydroxyl groups excluding tert-OH is 5. The summed E-state index contributed by atoms with van der Waals surface area (Å²) < 4.78 is 11.3. The minimum Gasteiger partial charge on any atom is -0.394 e. The SMILES string of the molecule is CC/C=C\C/C=C\CCCCCCCCCCCCCCCCC(=O)NC(COC1OC(CO)C(O)C(O)C1O)C(O)/C=C/CCCCCCCCCCCCCCCCCCCCCCCCC. The van der Waals surface area contributed by atoms with E-state index < -0.39 is 49.5 Å². The van der Waals surface area contributed by atoms with E-state index in [9.17, 15) is 30.3 Å². The molecule has 0 spiro atoms. The number of carbonyl (C=O) groups is 1. The highest BCUT2D eigenvalue weighted by Gasteiger charge is 2.44. The molecule has 0 radical (unpaired) electrons. The fraction of sp³-hybridized carbons (Fsp3) is 0.883. The van der Waals surface area contributed by atoms with E-state index in [1.54, 1.807) is 6.08 Å². The van der Waals surface area contributed by atoms with Gasteiger partial charge >= 0.3 is 0 Å². The third kappa shape index (κ3) is 39.6. The van der Waals surface area contributed by atoms with Crippen LogP contribution in [0.2, 0.25) is 0 Å². The predicted octanol–water partition coefficient (Wildman–Crippen LogP) is 14.7. The number of hydrogen-bond donors (Lipinski definition) is 6. The maximum absolute atomic E-state index is 13.1. The second-order valence-corrected chi connectivity index (χ2v) is 20.8. The highest BCUT2D eigenvalue weighted by Crippen LogP contribution is 2.23. The van der Waals surface area contributed by atoms with Gasteiger partial charge in [0.25, 0.3) is 0 Å². The number of rotatable bonds is 51. The number of hydrogen-bond acceptors (Lipinski definition) is 8. The maximum Gasteiger partial charge on any atom is 0.220 e. The van der Waals surface area contributed by atoms with Crippen molar-refractivity contribution in [1.82, 2.24) is 5.32 Å². The molecule has 1 aliphatic heterocycles. The molecule has 9 nitrogen and oxygen atoms in total. The Balaban J connectivity index is 2.21. The Labute approximate surface area is 425 Å². The van der Waals surface area contributed by atoms with Gasteiger partial charge in [-0.2, -0.15) is 0 Å². The fourth-order valence-electron chi connectivity index (χ4n) is 9.55. The van der Waals surface area contributed by atoms with Crippen LogP contribution in [0.25, 0.3) is 0 Å². The molecule has 0 aromatic carbocycles. The molecule has 7 unspecified atom stereocenters. The second kappa shape index (κ2) is 50.0. The van der Waals surface area contributed by atoms with Gasteiger partial charge in [-0.1, -0.05) is 269 Å². The van der Waals surface area contributed by atoms with Gasteiger partial charge in [0, 0.05) is 6.42 Å². The van der Waals surface area contributed by atoms with Crippen molar-refractivity contribution < 1.29 is 39.8 Å². The lowest BCUT2D eigenvalue weighted by molar-refractivity contribution is -0.302. The monoisotopic (exact) mass is 976 g/mol. The number of carbonyl (C=O) groups excluding carboxylic acids is 1. The van der Waals surface area contributed by atoms with Crippen molar-refractivity contribution in [2.75, 3.05) is 13.2 Å². The molecule has 9 heteroatoms. The molecule has 0 aromatic heterocycles. The molecule has 0 aromatic rings. The summed E-state index contributed by atoms with van der Waals surface area (Å²) in [6.45, 7) is 3.71. The normalized spacial score (nSPS) is 19.7. The molecule has 1 amide bonds. The molecule has 1 aliphatic rings. The van der Waals surface area contributed by atoms with Crippen LogP contribution in [-0.2, 0) is 14.3 Å². The van der Waals surface area contributed by atoms with E-state index in [-0.39, 0.29) is 12.5 Å². The Morgan fingerprint density at radius 1 is 0.507 bits per heavy atom. The van der Waals surface area contributed by atoms with Crippen LogP contribution in [0.4, 0.5) is 0 Å². The van der Waals surface area contributed by atoms with E-state index in [4.69, 9.17) is 9.47 Å². The van der Waals surface area contributed by atoms with Gasteiger partial charge < -0.3 is 40.3 Å². The zero-order valence-electron chi connectivity index (χ0n) is 45.1. The predicted molar refractivity (Wildman–Crippen MR) is 290 cm³/mol. The lowest BCUT2D eigenvalue weighted by atomic mass is 9.99. The van der Waals surface area contributed by atoms with Crippen molar-refractivity contribution in [3.63, 3.8) is 0 Å². The van der Waals surface area contributed by atoms with Crippen LogP contribution in [0.15, 0.2) is 36.5 Å². The number of aliphatic hydroxyl groups is 5. The molecule has 0 aliphatic carbocycles. The molecule has 1 rings (SSSR count). The number of amides is 1. The summed E-state index contributed by atoms with van der Waals surface area (Å²) in [4.78, 5) is 13.1. The minimum atomic E-state index is -1.57. The topological polar surface area (TPSA) is 149 Å². The number of allylic oxidation sites excluding steroid dienone is 5. The van der Waals surface area contributed by atoms with Gasteiger partial charge in [0.1, 0.15) is 24.4 Å². The molecule has 0 bridgehead atoms. The number of unbranched alkanes of at least 4 members (excludes halogenated alkanes) is 37. The third-order valence-electron chi connectivity index (χ3n) is 14.2. The van der Waals surface area contributed by atoms with Gasteiger partial charge in [-0.05, 0) is 44.9 Å². The summed E-state index contributed by atoms with van der Waals surface area (Å²) in [7, 11) is 0. The van der Waals surface area contributed by atoms with Gasteiger partial charge in [0.05, 0.1) is 25.4 Å². The summed E-state index contributed by atoms with van der Waals surface area (Å²) in [5.41, 5.74) is 0. The Hall–Kier alpha value is -1.59. The molecule has 1 fully saturated rings. The Bertz CT molecular complexity index is 1180. The highest BCUT2D eigenvalue weighted by atomic mass is 16.7. The standard InChI is InChI=1S/C60H113NO8/c1-3-5-7-9-11-13-15-17-19-21-23-25-26-27-28-30-31-33-35-37-39-41-43-45-47-49-54(63)53(52-68-60-59(67)58(66)57(65)55(51-62)69-60)61-56(64)50-48-46-44-42-40-38-36-34-32-29-24-22-20-18-16-14-12-10-8-6-4-2/h6,8,12,14,47,49,53-55,57-60,62-63,65-67H,3-5,7,9-11,13,15-46,48,50-52H2,1-2H3,(H,61,64)/b8-6-,14-12-,49-47+. The first-order valence-corrected chi connectivity index (χ1v) is 29.7. The van der Waals surface area contributed by atoms with E-state index in [1.807, 2.05) is 6.08 Å². The van der Waals surface area contributed by atoms with Crippen LogP contribution in [-0.4, -0.2) is 87.5 Å². The van der Waals surface area contributed by atoms with Crippen molar-refractivity contribution in [3.05, 3.63) is 36.5 Å². The average Bonchev–Trinajstić information content (AvgIpc) is 3.35. The van der Waals surface area contributed by atoms with Crippen LogP contribution in [0.1, 0.15) is 284 Å². The quantitative estimate of drug-likeness (QED) is 0.0261. The molecule has 69 heavy (non-hydrogen) atoms. The van der Waals surface area contributed by atoms with E-state index in [0.29, 0.717) is 6.42 Å². The summed E-state index contributed by atoms with van der Waals surface area (Å²) in [6, 6.07) is -0.805. The van der Waals surface area contributed by atoms with Crippen molar-refractivity contribution in [2.24, 2.45) is 0 Å². The Kier molecular flexibility index (Phi) is 47.4. The van der Waals surface area contributed by atoms with Crippen molar-refractivity contribution >= 4 is 5.91 Å². The van der Waals surface area contributed by atoms with Gasteiger partial charge in [-0.25, -0.2) is 0 Å². The van der Waals surface area contributed by atoms with E-state index >= 15 is 0 Å². The van der Waals surface area contributed by atoms with Crippen molar-refractivity contribution in [3.8, 4) is 0 Å². The van der Waals surface area contributed by atoms with Crippen LogP contribution < -0.4 is 5.32 Å². The third-order valence-corrected chi connectivity index (χ3v) is 14.2. The van der Waals surface area contributed by atoms with Crippen LogP contribution in [0.5, 0.6) is 0 Å². The van der Waals surface area contributed by atoms with E-state index in [1.165, 1.54) is 212 Å². The molecule has 6 N–H and O–H groups in total. The van der Waals surface area contributed by atoms with Gasteiger partial charge in [-0.3, -0.25) is 4.79 Å². The number of nitrogens with one attached hydrogen (secondary N) is 1. The average molecular weight is 977 g/mol. The van der Waals surface area contributed by atoms with Gasteiger partial charge in [0.2, 0.25) is 5.91 Å². The lowest BCUT2D eigenvalue weighted by Crippen LogP contribution is -2.60. The molecule has 406 valence electrons. The van der Waals surface area contributed by atoms with E-state index in [0.717, 1.165) is 51.4 Å². The first kappa shape index (κ1) is 65.4. The Morgan fingerprint density at radius 3 is 1.32 bits per heavy atom. The molecule has 7 atom stereocenters. The summed E-state index contributed by atoms with van der Waals surface area (Å²) in [5, 5.41) is 54.6. The van der Waals surface area contributed by atoms with Gasteiger partial charge in [-0.15, -0.1) is 0 Å². The van der Waals surface area contributed by atoms with Crippen molar-refractivity contribution in [2.45, 2.75) is 326 Å². The summed E-state index contributed by atoms with van der Waals surface area (Å²) in [5.74, 6) is -0.174. The van der Waals surface area contributed by atoms with Crippen LogP contribution in [0, 0.1) is 0 Å². The van der Waals surface area contributed by atoms with Crippen LogP contribution in [0.3, 0.4) is 0 Å². The van der Waals surface area contributed by atoms with E-state index in [2.05, 4.69) is 43.5 Å². The highest BCUT2D eigenvalue weighted by molar-refractivity contribution is 5.76. The smallest absolute Gasteiger partial charge is 0.220 e. The zero-order valence-corrected chi connectivity index (χ0v) is 45.1. The molecule has 1 saturated heterocycles. The summed E-state index contributed by atoms with van der Waals surface area (Å²) in [6.07, 6.45) is 57.8. The molecule has 0 saturated carbocycles. The van der Waals surface area contributed by atoms with Gasteiger partial charge in [0.15, 0.2) is 6.29 Å². The molecule has 1 heterocycles. The first-order chi connectivity index (χ1) is 33.8. The van der Waals surface area contributed by atoms with Crippen LogP contribution >= 0.6 is 0 Å². The lowest BCUT2D eigenvalue weighted by Gasteiger charge is -2.40. The maximum atomic E-state index is 13.1. The molecular formula is C60H113NO8. The largest absolute Gasteiger partial charge is 0.394 e. The second-order valence-electron chi connectivity index (χ2n) is 20.8. The Morgan fingerprint density at radius 2 is 0.899 bits per heavy atom. The fourth-order valence-corrected chi connectivity index (χ4v) is 9.55. The zero-order chi connectivity index (χ0) is 50.1. The van der Waals surface area contributed by atoms with Crippen molar-refractivity contribution in [1.29, 1.82) is 0 Å². The first-order valence-electron chi connectivity index (χ1n) is 29.7.